The number of nitrogens with two attached hydrogens (primary N) is 1. The van der Waals surface area contributed by atoms with Crippen LogP contribution in [0, 0.1) is 0 Å². The average molecular weight is 307 g/mol. The number of hydrogen-bond acceptors (Lipinski definition) is 4. The normalized spacial score (nSPS) is 18.2. The number of hydrogen-bond donors (Lipinski definition) is 1. The van der Waals surface area contributed by atoms with Crippen LogP contribution < -0.4 is 10.6 Å². The van der Waals surface area contributed by atoms with Crippen LogP contribution in [-0.4, -0.2) is 48.5 Å². The molecule has 1 saturated heterocycles. The van der Waals surface area contributed by atoms with Crippen molar-refractivity contribution in [2.45, 2.75) is 25.0 Å². The van der Waals surface area contributed by atoms with Crippen molar-refractivity contribution in [2.24, 2.45) is 0 Å². The average Bonchev–Trinajstić information content (AvgIpc) is 2.58. The van der Waals surface area contributed by atoms with Gasteiger partial charge in [-0.1, -0.05) is 13.8 Å². The summed E-state index contributed by atoms with van der Waals surface area (Å²) in [6.45, 7) is 6.11. The maximum atomic E-state index is 12.6. The molecule has 0 radical (unpaired) electrons. The van der Waals surface area contributed by atoms with E-state index in [2.05, 4.69) is 13.8 Å². The largest absolute Gasteiger partial charge is 0.397 e. The van der Waals surface area contributed by atoms with Gasteiger partial charge in [0, 0.05) is 43.2 Å². The maximum Gasteiger partial charge on any atom is 0.253 e. The van der Waals surface area contributed by atoms with E-state index in [0.717, 1.165) is 31.0 Å². The molecule has 1 amide bonds. The first kappa shape index (κ1) is 16.0. The zero-order valence-corrected chi connectivity index (χ0v) is 14.2. The number of benzene rings is 1. The Labute approximate surface area is 131 Å². The molecule has 1 heterocycles. The van der Waals surface area contributed by atoms with Crippen LogP contribution in [0.4, 0.5) is 11.4 Å². The molecule has 1 fully saturated rings. The Bertz CT molecular complexity index is 528. The summed E-state index contributed by atoms with van der Waals surface area (Å²) in [7, 11) is 3.89. The van der Waals surface area contributed by atoms with Gasteiger partial charge in [0.25, 0.3) is 5.91 Å². The minimum absolute atomic E-state index is 0.0882. The summed E-state index contributed by atoms with van der Waals surface area (Å²) in [4.78, 5) is 16.5. The highest BCUT2D eigenvalue weighted by Gasteiger charge is 2.26. The molecule has 0 aromatic heterocycles. The van der Waals surface area contributed by atoms with E-state index in [1.165, 1.54) is 0 Å². The molecule has 2 N–H and O–H groups in total. The van der Waals surface area contributed by atoms with E-state index in [1.807, 2.05) is 47.8 Å². The van der Waals surface area contributed by atoms with Gasteiger partial charge in [0.2, 0.25) is 0 Å². The van der Waals surface area contributed by atoms with Crippen LogP contribution in [0.2, 0.25) is 0 Å². The van der Waals surface area contributed by atoms with Crippen molar-refractivity contribution in [3.8, 4) is 0 Å². The SMILES string of the molecule is CN(C)c1ccc(C(=O)N2CCSC(C)(C)CC2)cc1N. The molecular weight excluding hydrogens is 282 g/mol. The first-order valence-electron chi connectivity index (χ1n) is 7.30. The van der Waals surface area contributed by atoms with E-state index < -0.39 is 0 Å². The highest BCUT2D eigenvalue weighted by molar-refractivity contribution is 8.00. The minimum atomic E-state index is 0.0882. The predicted octanol–water partition coefficient (Wildman–Crippen LogP) is 2.69. The highest BCUT2D eigenvalue weighted by atomic mass is 32.2. The molecule has 4 nitrogen and oxygen atoms in total. The maximum absolute atomic E-state index is 12.6. The first-order valence-corrected chi connectivity index (χ1v) is 8.29. The van der Waals surface area contributed by atoms with E-state index in [9.17, 15) is 4.79 Å². The van der Waals surface area contributed by atoms with Crippen LogP contribution in [0.1, 0.15) is 30.6 Å². The zero-order chi connectivity index (χ0) is 15.6. The van der Waals surface area contributed by atoms with Gasteiger partial charge in [-0.2, -0.15) is 11.8 Å². The van der Waals surface area contributed by atoms with Gasteiger partial charge < -0.3 is 15.5 Å². The number of rotatable bonds is 2. The number of amides is 1. The van der Waals surface area contributed by atoms with Gasteiger partial charge in [-0.3, -0.25) is 4.79 Å². The van der Waals surface area contributed by atoms with Crippen LogP contribution in [0.25, 0.3) is 0 Å². The van der Waals surface area contributed by atoms with E-state index >= 15 is 0 Å². The third kappa shape index (κ3) is 3.84. The summed E-state index contributed by atoms with van der Waals surface area (Å²) in [5, 5.41) is 0. The van der Waals surface area contributed by atoms with Crippen LogP contribution >= 0.6 is 11.8 Å². The number of anilines is 2. The summed E-state index contributed by atoms with van der Waals surface area (Å²) < 4.78 is 0.253. The molecule has 1 aliphatic heterocycles. The molecule has 21 heavy (non-hydrogen) atoms. The Balaban J connectivity index is 2.15. The number of carbonyl (C=O) groups is 1. The fourth-order valence-electron chi connectivity index (χ4n) is 2.50. The fourth-order valence-corrected chi connectivity index (χ4v) is 3.60. The van der Waals surface area contributed by atoms with Gasteiger partial charge in [-0.15, -0.1) is 0 Å². The third-order valence-corrected chi connectivity index (χ3v) is 5.25. The van der Waals surface area contributed by atoms with E-state index in [0.29, 0.717) is 11.3 Å². The fraction of sp³-hybridized carbons (Fsp3) is 0.562. The summed E-state index contributed by atoms with van der Waals surface area (Å²) in [5.41, 5.74) is 8.32. The molecule has 0 bridgehead atoms. The van der Waals surface area contributed by atoms with Gasteiger partial charge in [0.1, 0.15) is 0 Å². The third-order valence-electron chi connectivity index (χ3n) is 3.88. The van der Waals surface area contributed by atoms with Crippen molar-refractivity contribution in [2.75, 3.05) is 43.6 Å². The van der Waals surface area contributed by atoms with E-state index in [-0.39, 0.29) is 10.7 Å². The second-order valence-corrected chi connectivity index (χ2v) is 8.12. The summed E-state index contributed by atoms with van der Waals surface area (Å²) in [6, 6.07) is 5.58. The van der Waals surface area contributed by atoms with Crippen molar-refractivity contribution < 1.29 is 4.79 Å². The Morgan fingerprint density at radius 3 is 2.67 bits per heavy atom. The van der Waals surface area contributed by atoms with Crippen LogP contribution in [0.3, 0.4) is 0 Å². The standard InChI is InChI=1S/C16H25N3OS/c1-16(2)7-8-19(9-10-21-16)15(20)12-5-6-14(18(3)4)13(17)11-12/h5-6,11H,7-10,17H2,1-4H3. The van der Waals surface area contributed by atoms with Crippen molar-refractivity contribution >= 4 is 29.0 Å². The molecule has 116 valence electrons. The molecular formula is C16H25N3OS. The van der Waals surface area contributed by atoms with Gasteiger partial charge in [0.05, 0.1) is 11.4 Å². The topological polar surface area (TPSA) is 49.6 Å². The zero-order valence-electron chi connectivity index (χ0n) is 13.3. The quantitative estimate of drug-likeness (QED) is 0.854. The summed E-state index contributed by atoms with van der Waals surface area (Å²) >= 11 is 1.94. The lowest BCUT2D eigenvalue weighted by Gasteiger charge is -2.23. The lowest BCUT2D eigenvalue weighted by Crippen LogP contribution is -2.33. The Hall–Kier alpha value is -1.36. The molecule has 0 aliphatic carbocycles. The van der Waals surface area contributed by atoms with Crippen molar-refractivity contribution in [3.05, 3.63) is 23.8 Å². The Kier molecular flexibility index (Phi) is 4.71. The summed E-state index contributed by atoms with van der Waals surface area (Å²) in [6.07, 6.45) is 1.02. The van der Waals surface area contributed by atoms with Crippen molar-refractivity contribution in [1.29, 1.82) is 0 Å². The molecule has 0 atom stereocenters. The molecule has 1 aromatic carbocycles. The Morgan fingerprint density at radius 1 is 1.33 bits per heavy atom. The lowest BCUT2D eigenvalue weighted by atomic mass is 10.1. The van der Waals surface area contributed by atoms with Crippen LogP contribution in [0.5, 0.6) is 0 Å². The van der Waals surface area contributed by atoms with Crippen molar-refractivity contribution in [3.63, 3.8) is 0 Å². The number of thioether (sulfide) groups is 1. The highest BCUT2D eigenvalue weighted by Crippen LogP contribution is 2.31. The van der Waals surface area contributed by atoms with Crippen LogP contribution in [-0.2, 0) is 0 Å². The van der Waals surface area contributed by atoms with E-state index in [1.54, 1.807) is 6.07 Å². The van der Waals surface area contributed by atoms with Gasteiger partial charge in [0.15, 0.2) is 0 Å². The Morgan fingerprint density at radius 2 is 2.05 bits per heavy atom. The number of carbonyl (C=O) groups excluding carboxylic acids is 1. The molecule has 1 aromatic rings. The van der Waals surface area contributed by atoms with Gasteiger partial charge in [-0.25, -0.2) is 0 Å². The van der Waals surface area contributed by atoms with Gasteiger partial charge >= 0.3 is 0 Å². The molecule has 0 spiro atoms. The molecule has 2 rings (SSSR count). The molecule has 0 unspecified atom stereocenters. The predicted molar refractivity (Wildman–Crippen MR) is 92.2 cm³/mol. The molecule has 0 saturated carbocycles. The van der Waals surface area contributed by atoms with Gasteiger partial charge in [-0.05, 0) is 24.6 Å². The molecule has 5 heteroatoms. The summed E-state index contributed by atoms with van der Waals surface area (Å²) in [5.74, 6) is 1.08. The number of nitrogens with zero attached hydrogens (tertiary/aromatic N) is 2. The lowest BCUT2D eigenvalue weighted by molar-refractivity contribution is 0.0764. The second kappa shape index (κ2) is 6.18. The van der Waals surface area contributed by atoms with Crippen molar-refractivity contribution in [1.82, 2.24) is 4.90 Å². The smallest absolute Gasteiger partial charge is 0.253 e. The first-order chi connectivity index (χ1) is 9.80. The second-order valence-electron chi connectivity index (χ2n) is 6.32. The van der Waals surface area contributed by atoms with E-state index in [4.69, 9.17) is 5.73 Å². The monoisotopic (exact) mass is 307 g/mol. The number of nitrogen functional groups attached to an aromatic ring is 1. The molecule has 1 aliphatic rings. The minimum Gasteiger partial charge on any atom is -0.397 e. The van der Waals surface area contributed by atoms with Crippen LogP contribution in [0.15, 0.2) is 18.2 Å².